The highest BCUT2D eigenvalue weighted by Gasteiger charge is 2.52. The molecule has 5 unspecified atom stereocenters. The minimum atomic E-state index is -0.469. The zero-order chi connectivity index (χ0) is 22.0. The Labute approximate surface area is 179 Å². The third-order valence-corrected chi connectivity index (χ3v) is 7.51. The summed E-state index contributed by atoms with van der Waals surface area (Å²) in [5.74, 6) is -1.08. The van der Waals surface area contributed by atoms with Crippen LogP contribution in [0.1, 0.15) is 72.6 Å². The van der Waals surface area contributed by atoms with Crippen molar-refractivity contribution in [2.75, 3.05) is 0 Å². The molecule has 30 heavy (non-hydrogen) atoms. The molecule has 3 rings (SSSR count). The Morgan fingerprint density at radius 3 is 2.50 bits per heavy atom. The molecule has 0 aromatic rings. The van der Waals surface area contributed by atoms with E-state index in [1.54, 1.807) is 0 Å². The Balaban J connectivity index is 1.66. The number of imide groups is 1. The third kappa shape index (κ3) is 4.52. The van der Waals surface area contributed by atoms with Gasteiger partial charge in [0.25, 0.3) is 0 Å². The average Bonchev–Trinajstić information content (AvgIpc) is 2.97. The molecule has 3 amide bonds. The van der Waals surface area contributed by atoms with E-state index in [0.717, 1.165) is 44.0 Å². The van der Waals surface area contributed by atoms with Crippen LogP contribution in [-0.4, -0.2) is 41.0 Å². The number of carbonyl (C=O) groups is 4. The molecule has 0 radical (unpaired) electrons. The van der Waals surface area contributed by atoms with Gasteiger partial charge in [0.15, 0.2) is 0 Å². The van der Waals surface area contributed by atoms with Gasteiger partial charge in [0.05, 0.1) is 11.8 Å². The summed E-state index contributed by atoms with van der Waals surface area (Å²) in [6.45, 7) is 7.98. The summed E-state index contributed by atoms with van der Waals surface area (Å²) < 4.78 is 0. The summed E-state index contributed by atoms with van der Waals surface area (Å²) in [4.78, 5) is 51.7. The number of carbonyl (C=O) groups excluding carboxylic acids is 4. The van der Waals surface area contributed by atoms with E-state index in [-0.39, 0.29) is 42.1 Å². The van der Waals surface area contributed by atoms with Crippen LogP contribution in [0.3, 0.4) is 0 Å². The second kappa shape index (κ2) is 9.44. The Bertz CT molecular complexity index is 723. The normalized spacial score (nSPS) is 33.5. The lowest BCUT2D eigenvalue weighted by atomic mass is 9.71. The first kappa shape index (κ1) is 22.7. The van der Waals surface area contributed by atoms with Crippen molar-refractivity contribution in [2.45, 2.75) is 84.7 Å². The molecule has 0 aromatic heterocycles. The maximum Gasteiger partial charge on any atom is 0.237 e. The van der Waals surface area contributed by atoms with Crippen LogP contribution in [0.5, 0.6) is 0 Å². The van der Waals surface area contributed by atoms with Crippen molar-refractivity contribution in [3.8, 4) is 0 Å². The fourth-order valence-corrected chi connectivity index (χ4v) is 5.42. The molecule has 1 N–H and O–H groups in total. The van der Waals surface area contributed by atoms with Crippen LogP contribution < -0.4 is 5.32 Å². The Morgan fingerprint density at radius 1 is 1.23 bits per heavy atom. The van der Waals surface area contributed by atoms with Crippen LogP contribution in [0.15, 0.2) is 11.6 Å². The molecule has 2 fully saturated rings. The standard InChI is InChI=1S/C24H36N2O4/c1-5-16(4)26-23(29)20-11-17(10-15(3)22(20)24(26)30)18(13-27)12-21(28)25-19-8-6-14(2)7-9-19/h10,13-14,16-20,22H,5-9,11-12H2,1-4H3,(H,25,28). The van der Waals surface area contributed by atoms with E-state index >= 15 is 0 Å². The fourth-order valence-electron chi connectivity index (χ4n) is 5.42. The molecule has 3 aliphatic rings. The van der Waals surface area contributed by atoms with E-state index in [1.165, 1.54) is 4.90 Å². The predicted octanol–water partition coefficient (Wildman–Crippen LogP) is 3.25. The average molecular weight is 417 g/mol. The van der Waals surface area contributed by atoms with Crippen LogP contribution in [0.2, 0.25) is 0 Å². The number of nitrogens with one attached hydrogen (secondary N) is 1. The number of hydrogen-bond acceptors (Lipinski definition) is 4. The highest BCUT2D eigenvalue weighted by Crippen LogP contribution is 2.43. The second-order valence-corrected chi connectivity index (χ2v) is 9.73. The smallest absolute Gasteiger partial charge is 0.237 e. The van der Waals surface area contributed by atoms with Gasteiger partial charge in [0, 0.05) is 24.4 Å². The molecule has 6 nitrogen and oxygen atoms in total. The molecule has 0 bridgehead atoms. The first-order valence-electron chi connectivity index (χ1n) is 11.6. The topological polar surface area (TPSA) is 83.6 Å². The lowest BCUT2D eigenvalue weighted by Crippen LogP contribution is -2.39. The Morgan fingerprint density at radius 2 is 1.90 bits per heavy atom. The first-order valence-corrected chi connectivity index (χ1v) is 11.6. The van der Waals surface area contributed by atoms with Gasteiger partial charge in [0.2, 0.25) is 17.7 Å². The van der Waals surface area contributed by atoms with Gasteiger partial charge in [-0.25, -0.2) is 0 Å². The molecule has 1 aliphatic heterocycles. The lowest BCUT2D eigenvalue weighted by Gasteiger charge is -2.31. The largest absolute Gasteiger partial charge is 0.353 e. The third-order valence-electron chi connectivity index (χ3n) is 7.51. The Kier molecular flexibility index (Phi) is 7.14. The van der Waals surface area contributed by atoms with Gasteiger partial charge in [-0.3, -0.25) is 19.3 Å². The summed E-state index contributed by atoms with van der Waals surface area (Å²) in [5, 5.41) is 3.10. The van der Waals surface area contributed by atoms with E-state index in [1.807, 2.05) is 26.8 Å². The van der Waals surface area contributed by atoms with Crippen LogP contribution in [0.25, 0.3) is 0 Å². The van der Waals surface area contributed by atoms with E-state index in [4.69, 9.17) is 0 Å². The monoisotopic (exact) mass is 416 g/mol. The molecular formula is C24H36N2O4. The first-order chi connectivity index (χ1) is 14.3. The van der Waals surface area contributed by atoms with Gasteiger partial charge in [-0.1, -0.05) is 25.5 Å². The van der Waals surface area contributed by atoms with Crippen molar-refractivity contribution in [2.24, 2.45) is 29.6 Å². The van der Waals surface area contributed by atoms with Gasteiger partial charge in [-0.2, -0.15) is 0 Å². The molecular weight excluding hydrogens is 380 g/mol. The minimum Gasteiger partial charge on any atom is -0.353 e. The maximum atomic E-state index is 13.0. The summed E-state index contributed by atoms with van der Waals surface area (Å²) in [7, 11) is 0. The van der Waals surface area contributed by atoms with E-state index < -0.39 is 17.8 Å². The number of nitrogens with zero attached hydrogens (tertiary/aromatic N) is 1. The fraction of sp³-hybridized carbons (Fsp3) is 0.750. The summed E-state index contributed by atoms with van der Waals surface area (Å²) in [6.07, 6.45) is 8.36. The van der Waals surface area contributed by atoms with Crippen LogP contribution in [0.4, 0.5) is 0 Å². The lowest BCUT2D eigenvalue weighted by molar-refractivity contribution is -0.142. The summed E-state index contributed by atoms with van der Waals surface area (Å²) in [5.41, 5.74) is 0.855. The number of aldehydes is 1. The number of rotatable bonds is 7. The molecule has 0 aromatic carbocycles. The zero-order valence-corrected chi connectivity index (χ0v) is 18.7. The van der Waals surface area contributed by atoms with Crippen molar-refractivity contribution in [1.29, 1.82) is 0 Å². The van der Waals surface area contributed by atoms with Gasteiger partial charge in [-0.15, -0.1) is 0 Å². The van der Waals surface area contributed by atoms with Gasteiger partial charge in [0.1, 0.15) is 6.29 Å². The number of likely N-dealkylation sites (tertiary alicyclic amines) is 1. The van der Waals surface area contributed by atoms with Crippen molar-refractivity contribution < 1.29 is 19.2 Å². The number of amides is 3. The summed E-state index contributed by atoms with van der Waals surface area (Å²) >= 11 is 0. The number of fused-ring (bicyclic) bond motifs is 1. The van der Waals surface area contributed by atoms with Crippen molar-refractivity contribution in [1.82, 2.24) is 10.2 Å². The summed E-state index contributed by atoms with van der Waals surface area (Å²) in [6, 6.07) is 0.0832. The second-order valence-electron chi connectivity index (χ2n) is 9.73. The number of allylic oxidation sites excluding steroid dienone is 1. The maximum absolute atomic E-state index is 13.0. The highest BCUT2D eigenvalue weighted by atomic mass is 16.2. The zero-order valence-electron chi connectivity index (χ0n) is 18.7. The Hall–Kier alpha value is -1.98. The minimum absolute atomic E-state index is 0.0881. The van der Waals surface area contributed by atoms with Crippen LogP contribution >= 0.6 is 0 Å². The van der Waals surface area contributed by atoms with Gasteiger partial charge < -0.3 is 10.1 Å². The van der Waals surface area contributed by atoms with Crippen molar-refractivity contribution in [3.63, 3.8) is 0 Å². The highest BCUT2D eigenvalue weighted by molar-refractivity contribution is 6.07. The molecule has 1 saturated heterocycles. The quantitative estimate of drug-likeness (QED) is 0.392. The molecule has 6 heteroatoms. The number of hydrogen-bond donors (Lipinski definition) is 1. The molecule has 1 saturated carbocycles. The van der Waals surface area contributed by atoms with Crippen molar-refractivity contribution >= 4 is 24.0 Å². The van der Waals surface area contributed by atoms with Crippen molar-refractivity contribution in [3.05, 3.63) is 11.6 Å². The molecule has 166 valence electrons. The molecule has 2 aliphatic carbocycles. The van der Waals surface area contributed by atoms with E-state index in [9.17, 15) is 19.2 Å². The van der Waals surface area contributed by atoms with Gasteiger partial charge in [-0.05, 0) is 64.2 Å². The van der Waals surface area contributed by atoms with E-state index in [2.05, 4.69) is 12.2 Å². The van der Waals surface area contributed by atoms with E-state index in [0.29, 0.717) is 12.3 Å². The molecule has 1 heterocycles. The van der Waals surface area contributed by atoms with Crippen LogP contribution in [-0.2, 0) is 19.2 Å². The predicted molar refractivity (Wildman–Crippen MR) is 114 cm³/mol. The molecule has 5 atom stereocenters. The SMILES string of the molecule is CCC(C)N1C(=O)C2CC(C(C=O)CC(=O)NC3CCC(C)CC3)C=C(C)C2C1=O. The van der Waals surface area contributed by atoms with Crippen LogP contribution in [0, 0.1) is 29.6 Å². The molecule has 0 spiro atoms. The van der Waals surface area contributed by atoms with Gasteiger partial charge >= 0.3 is 0 Å².